The Morgan fingerprint density at radius 1 is 1.40 bits per heavy atom. The lowest BCUT2D eigenvalue weighted by molar-refractivity contribution is -0.123. The van der Waals surface area contributed by atoms with Crippen molar-refractivity contribution in [3.05, 3.63) is 49.1 Å². The van der Waals surface area contributed by atoms with Crippen LogP contribution in [0, 0.1) is 0 Å². The second-order valence-corrected chi connectivity index (χ2v) is 6.00. The summed E-state index contributed by atoms with van der Waals surface area (Å²) in [5, 5.41) is 0. The molecule has 20 heavy (non-hydrogen) atoms. The molecular formula is C17H26FNO. The third-order valence-electron chi connectivity index (χ3n) is 4.09. The van der Waals surface area contributed by atoms with Crippen molar-refractivity contribution in [2.75, 3.05) is 26.8 Å². The molecule has 0 spiro atoms. The summed E-state index contributed by atoms with van der Waals surface area (Å²) in [6.07, 6.45) is 5.45. The minimum atomic E-state index is -1.42. The highest BCUT2D eigenvalue weighted by atomic mass is 19.1. The summed E-state index contributed by atoms with van der Waals surface area (Å²) >= 11 is 0. The SMILES string of the molecule is C=CC(=C)/C=C\C(=C)C(C)(F)CCN(C)C1(C)COC1. The zero-order chi connectivity index (χ0) is 15.4. The van der Waals surface area contributed by atoms with Crippen LogP contribution in [-0.2, 0) is 4.74 Å². The van der Waals surface area contributed by atoms with Gasteiger partial charge in [-0.25, -0.2) is 4.39 Å². The van der Waals surface area contributed by atoms with Crippen molar-refractivity contribution in [2.24, 2.45) is 0 Å². The summed E-state index contributed by atoms with van der Waals surface area (Å²) < 4.78 is 19.9. The lowest BCUT2D eigenvalue weighted by Crippen LogP contribution is -2.59. The number of allylic oxidation sites excluding steroid dienone is 5. The van der Waals surface area contributed by atoms with Gasteiger partial charge < -0.3 is 4.74 Å². The molecule has 1 heterocycles. The molecule has 0 aromatic carbocycles. The third-order valence-corrected chi connectivity index (χ3v) is 4.09. The first-order valence-electron chi connectivity index (χ1n) is 6.88. The molecule has 0 N–H and O–H groups in total. The van der Waals surface area contributed by atoms with Crippen LogP contribution in [0.4, 0.5) is 4.39 Å². The van der Waals surface area contributed by atoms with E-state index >= 15 is 0 Å². The van der Waals surface area contributed by atoms with Gasteiger partial charge >= 0.3 is 0 Å². The number of alkyl halides is 1. The van der Waals surface area contributed by atoms with E-state index in [0.717, 1.165) is 5.57 Å². The predicted octanol–water partition coefficient (Wildman–Crippen LogP) is 3.68. The molecule has 3 heteroatoms. The van der Waals surface area contributed by atoms with E-state index in [0.29, 0.717) is 31.8 Å². The second kappa shape index (κ2) is 6.51. The first-order chi connectivity index (χ1) is 9.21. The van der Waals surface area contributed by atoms with Crippen LogP contribution < -0.4 is 0 Å². The van der Waals surface area contributed by atoms with E-state index in [1.54, 1.807) is 25.2 Å². The van der Waals surface area contributed by atoms with Crippen LogP contribution in [0.1, 0.15) is 20.3 Å². The topological polar surface area (TPSA) is 12.5 Å². The average molecular weight is 279 g/mol. The van der Waals surface area contributed by atoms with Crippen LogP contribution in [0.2, 0.25) is 0 Å². The van der Waals surface area contributed by atoms with Crippen LogP contribution in [0.5, 0.6) is 0 Å². The van der Waals surface area contributed by atoms with Crippen molar-refractivity contribution >= 4 is 0 Å². The molecule has 1 saturated heterocycles. The number of nitrogens with zero attached hydrogens (tertiary/aromatic N) is 1. The Hall–Kier alpha value is -1.19. The van der Waals surface area contributed by atoms with Crippen molar-refractivity contribution in [2.45, 2.75) is 31.5 Å². The van der Waals surface area contributed by atoms with Gasteiger partial charge in [0.25, 0.3) is 0 Å². The van der Waals surface area contributed by atoms with Crippen LogP contribution in [-0.4, -0.2) is 42.9 Å². The maximum absolute atomic E-state index is 14.6. The van der Waals surface area contributed by atoms with Gasteiger partial charge in [0, 0.05) is 6.54 Å². The number of rotatable bonds is 8. The normalized spacial score (nSPS) is 20.4. The van der Waals surface area contributed by atoms with E-state index in [2.05, 4.69) is 31.6 Å². The first kappa shape index (κ1) is 16.9. The molecule has 0 radical (unpaired) electrons. The van der Waals surface area contributed by atoms with Gasteiger partial charge in [0.15, 0.2) is 0 Å². The quantitative estimate of drug-likeness (QED) is 0.628. The minimum Gasteiger partial charge on any atom is -0.377 e. The largest absolute Gasteiger partial charge is 0.377 e. The molecule has 0 amide bonds. The van der Waals surface area contributed by atoms with Gasteiger partial charge in [-0.2, -0.15) is 0 Å². The van der Waals surface area contributed by atoms with Gasteiger partial charge in [0.1, 0.15) is 5.67 Å². The number of halogens is 1. The molecule has 112 valence electrons. The van der Waals surface area contributed by atoms with E-state index in [-0.39, 0.29) is 5.54 Å². The van der Waals surface area contributed by atoms with Crippen molar-refractivity contribution in [3.8, 4) is 0 Å². The van der Waals surface area contributed by atoms with Crippen LogP contribution >= 0.6 is 0 Å². The maximum atomic E-state index is 14.6. The monoisotopic (exact) mass is 279 g/mol. The summed E-state index contributed by atoms with van der Waals surface area (Å²) in [6.45, 7) is 17.0. The van der Waals surface area contributed by atoms with E-state index in [1.807, 2.05) is 7.05 Å². The number of ether oxygens (including phenoxy) is 1. The standard InChI is InChI=1S/C17H26FNO/c1-7-14(2)8-9-15(3)17(5,18)10-11-19(6)16(4)12-20-13-16/h7-9H,1-3,10-13H2,4-6H3/b9-8-. The molecule has 1 aliphatic rings. The lowest BCUT2D eigenvalue weighted by atomic mass is 9.92. The van der Waals surface area contributed by atoms with E-state index < -0.39 is 5.67 Å². The molecule has 0 aromatic rings. The lowest BCUT2D eigenvalue weighted by Gasteiger charge is -2.46. The molecule has 1 rings (SSSR count). The molecule has 1 unspecified atom stereocenters. The zero-order valence-corrected chi connectivity index (χ0v) is 12.9. The van der Waals surface area contributed by atoms with Crippen LogP contribution in [0.15, 0.2) is 49.1 Å². The van der Waals surface area contributed by atoms with Crippen molar-refractivity contribution in [1.29, 1.82) is 0 Å². The number of hydrogen-bond acceptors (Lipinski definition) is 2. The highest BCUT2D eigenvalue weighted by Crippen LogP contribution is 2.29. The van der Waals surface area contributed by atoms with Gasteiger partial charge in [-0.05, 0) is 38.5 Å². The van der Waals surface area contributed by atoms with Crippen LogP contribution in [0.3, 0.4) is 0 Å². The van der Waals surface area contributed by atoms with Crippen molar-refractivity contribution < 1.29 is 9.13 Å². The molecule has 0 aliphatic carbocycles. The minimum absolute atomic E-state index is 0.0460. The number of likely N-dealkylation sites (N-methyl/N-ethyl adjacent to an activating group) is 1. The first-order valence-corrected chi connectivity index (χ1v) is 6.88. The fourth-order valence-corrected chi connectivity index (χ4v) is 1.88. The Morgan fingerprint density at radius 2 is 2.00 bits per heavy atom. The Labute approximate surface area is 122 Å². The van der Waals surface area contributed by atoms with Gasteiger partial charge in [-0.3, -0.25) is 4.90 Å². The average Bonchev–Trinajstić information content (AvgIpc) is 2.38. The summed E-state index contributed by atoms with van der Waals surface area (Å²) in [4.78, 5) is 2.16. The predicted molar refractivity (Wildman–Crippen MR) is 83.6 cm³/mol. The molecule has 1 atom stereocenters. The molecule has 1 aliphatic heterocycles. The van der Waals surface area contributed by atoms with E-state index in [1.165, 1.54) is 0 Å². The Morgan fingerprint density at radius 3 is 2.45 bits per heavy atom. The molecule has 0 aromatic heterocycles. The highest BCUT2D eigenvalue weighted by Gasteiger charge is 2.38. The smallest absolute Gasteiger partial charge is 0.133 e. The molecule has 0 saturated carbocycles. The van der Waals surface area contributed by atoms with Gasteiger partial charge in [-0.15, -0.1) is 0 Å². The Balaban J connectivity index is 2.51. The molecule has 1 fully saturated rings. The Kier molecular flexibility index (Phi) is 5.49. The van der Waals surface area contributed by atoms with Gasteiger partial charge in [0.05, 0.1) is 18.8 Å². The molecule has 0 bridgehead atoms. The van der Waals surface area contributed by atoms with Crippen LogP contribution in [0.25, 0.3) is 0 Å². The third kappa shape index (κ3) is 4.15. The number of hydrogen-bond donors (Lipinski definition) is 0. The second-order valence-electron chi connectivity index (χ2n) is 6.00. The van der Waals surface area contributed by atoms with Crippen molar-refractivity contribution in [1.82, 2.24) is 4.90 Å². The van der Waals surface area contributed by atoms with Gasteiger partial charge in [-0.1, -0.05) is 38.0 Å². The zero-order valence-electron chi connectivity index (χ0n) is 12.9. The molecule has 2 nitrogen and oxygen atoms in total. The summed E-state index contributed by atoms with van der Waals surface area (Å²) in [7, 11) is 2.01. The van der Waals surface area contributed by atoms with E-state index in [9.17, 15) is 4.39 Å². The Bertz CT molecular complexity index is 419. The highest BCUT2D eigenvalue weighted by molar-refractivity contribution is 5.34. The van der Waals surface area contributed by atoms with E-state index in [4.69, 9.17) is 4.74 Å². The summed E-state index contributed by atoms with van der Waals surface area (Å²) in [5.74, 6) is 0. The fraction of sp³-hybridized carbons (Fsp3) is 0.529. The fourth-order valence-electron chi connectivity index (χ4n) is 1.88. The van der Waals surface area contributed by atoms with Crippen molar-refractivity contribution in [3.63, 3.8) is 0 Å². The maximum Gasteiger partial charge on any atom is 0.133 e. The molecular weight excluding hydrogens is 253 g/mol. The summed E-state index contributed by atoms with van der Waals surface area (Å²) in [5.41, 5.74) is -0.167. The summed E-state index contributed by atoms with van der Waals surface area (Å²) in [6, 6.07) is 0. The van der Waals surface area contributed by atoms with Gasteiger partial charge in [0.2, 0.25) is 0 Å².